The first-order valence-electron chi connectivity index (χ1n) is 4.56. The van der Waals surface area contributed by atoms with Crippen molar-refractivity contribution in [3.05, 3.63) is 0 Å². The van der Waals surface area contributed by atoms with Gasteiger partial charge in [0.25, 0.3) is 0 Å². The van der Waals surface area contributed by atoms with Gasteiger partial charge in [-0.1, -0.05) is 0 Å². The molecule has 0 radical (unpaired) electrons. The zero-order valence-electron chi connectivity index (χ0n) is 7.82. The molecule has 0 aromatic heterocycles. The highest BCUT2D eigenvalue weighted by Gasteiger charge is 2.49. The van der Waals surface area contributed by atoms with E-state index in [2.05, 4.69) is 0 Å². The summed E-state index contributed by atoms with van der Waals surface area (Å²) < 4.78 is 11.1. The lowest BCUT2D eigenvalue weighted by Crippen LogP contribution is -2.24. The number of aliphatic carboxylic acids is 1. The number of carboxylic acids is 1. The number of ether oxygens (including phenoxy) is 2. The van der Waals surface area contributed by atoms with Crippen molar-refractivity contribution in [2.24, 2.45) is 5.92 Å². The fourth-order valence-electron chi connectivity index (χ4n) is 2.17. The zero-order valence-corrected chi connectivity index (χ0v) is 7.82. The lowest BCUT2D eigenvalue weighted by Gasteiger charge is -2.19. The van der Waals surface area contributed by atoms with E-state index in [1.165, 1.54) is 0 Å². The number of fused-ring (bicyclic) bond motifs is 1. The molecular formula is C9H14O4. The number of rotatable bonds is 1. The molecule has 1 N–H and O–H groups in total. The molecule has 4 nitrogen and oxygen atoms in total. The molecular weight excluding hydrogens is 172 g/mol. The Morgan fingerprint density at radius 2 is 1.77 bits per heavy atom. The highest BCUT2D eigenvalue weighted by atomic mass is 16.8. The Bertz CT molecular complexity index is 220. The Morgan fingerprint density at radius 1 is 1.31 bits per heavy atom. The number of carbonyl (C=O) groups is 1. The van der Waals surface area contributed by atoms with E-state index in [0.717, 1.165) is 0 Å². The first-order valence-corrected chi connectivity index (χ1v) is 4.56. The van der Waals surface area contributed by atoms with Gasteiger partial charge in [0.15, 0.2) is 5.79 Å². The van der Waals surface area contributed by atoms with E-state index in [1.807, 2.05) is 13.8 Å². The van der Waals surface area contributed by atoms with Crippen LogP contribution in [0, 0.1) is 5.92 Å². The lowest BCUT2D eigenvalue weighted by atomic mass is 10.1. The van der Waals surface area contributed by atoms with Crippen molar-refractivity contribution in [3.63, 3.8) is 0 Å². The Hall–Kier alpha value is -0.610. The van der Waals surface area contributed by atoms with E-state index in [9.17, 15) is 4.79 Å². The van der Waals surface area contributed by atoms with Crippen molar-refractivity contribution < 1.29 is 19.4 Å². The highest BCUT2D eigenvalue weighted by Crippen LogP contribution is 2.40. The van der Waals surface area contributed by atoms with Gasteiger partial charge in [0.2, 0.25) is 0 Å². The Morgan fingerprint density at radius 3 is 2.15 bits per heavy atom. The van der Waals surface area contributed by atoms with Gasteiger partial charge in [-0.15, -0.1) is 0 Å². The SMILES string of the molecule is CC1(C)OC2CC(C(=O)O)CC2O1. The molecule has 1 aliphatic heterocycles. The van der Waals surface area contributed by atoms with Crippen molar-refractivity contribution in [3.8, 4) is 0 Å². The predicted molar refractivity (Wildman–Crippen MR) is 44.2 cm³/mol. The molecule has 1 saturated heterocycles. The second kappa shape index (κ2) is 2.69. The van der Waals surface area contributed by atoms with Crippen LogP contribution in [0.15, 0.2) is 0 Å². The molecule has 2 fully saturated rings. The molecule has 0 amide bonds. The number of carboxylic acid groups (broad SMARTS) is 1. The molecule has 0 aromatic carbocycles. The van der Waals surface area contributed by atoms with E-state index in [-0.39, 0.29) is 18.1 Å². The van der Waals surface area contributed by atoms with Gasteiger partial charge in [-0.25, -0.2) is 0 Å². The molecule has 1 saturated carbocycles. The van der Waals surface area contributed by atoms with E-state index in [4.69, 9.17) is 14.6 Å². The average Bonchev–Trinajstić information content (AvgIpc) is 2.39. The predicted octanol–water partition coefficient (Wildman–Crippen LogP) is 1.00. The van der Waals surface area contributed by atoms with E-state index < -0.39 is 11.8 Å². The van der Waals surface area contributed by atoms with Crippen molar-refractivity contribution in [1.29, 1.82) is 0 Å². The minimum absolute atomic E-state index is 0.0175. The van der Waals surface area contributed by atoms with Crippen LogP contribution in [-0.2, 0) is 14.3 Å². The van der Waals surface area contributed by atoms with Crippen LogP contribution in [0.2, 0.25) is 0 Å². The highest BCUT2D eigenvalue weighted by molar-refractivity contribution is 5.70. The van der Waals surface area contributed by atoms with Crippen molar-refractivity contribution in [2.75, 3.05) is 0 Å². The number of hydrogen-bond acceptors (Lipinski definition) is 3. The Labute approximate surface area is 76.8 Å². The quantitative estimate of drug-likeness (QED) is 0.663. The second-order valence-corrected chi connectivity index (χ2v) is 4.22. The monoisotopic (exact) mass is 186 g/mol. The van der Waals surface area contributed by atoms with Crippen LogP contribution in [0.5, 0.6) is 0 Å². The van der Waals surface area contributed by atoms with E-state index in [0.29, 0.717) is 12.8 Å². The van der Waals surface area contributed by atoms with Gasteiger partial charge >= 0.3 is 5.97 Å². The fourth-order valence-corrected chi connectivity index (χ4v) is 2.17. The summed E-state index contributed by atoms with van der Waals surface area (Å²) >= 11 is 0. The third kappa shape index (κ3) is 1.56. The fraction of sp³-hybridized carbons (Fsp3) is 0.889. The molecule has 2 atom stereocenters. The van der Waals surface area contributed by atoms with Crippen molar-refractivity contribution in [1.82, 2.24) is 0 Å². The van der Waals surface area contributed by atoms with Gasteiger partial charge in [-0.2, -0.15) is 0 Å². The standard InChI is InChI=1S/C9H14O4/c1-9(2)12-6-3-5(8(10)11)4-7(6)13-9/h5-7H,3-4H2,1-2H3,(H,10,11). The van der Waals surface area contributed by atoms with E-state index in [1.54, 1.807) is 0 Å². The topological polar surface area (TPSA) is 55.8 Å². The maximum Gasteiger partial charge on any atom is 0.306 e. The summed E-state index contributed by atoms with van der Waals surface area (Å²) in [6.07, 6.45) is 1.14. The van der Waals surface area contributed by atoms with Crippen LogP contribution in [0.4, 0.5) is 0 Å². The molecule has 13 heavy (non-hydrogen) atoms. The summed E-state index contributed by atoms with van der Waals surface area (Å²) in [6.45, 7) is 3.72. The molecule has 2 rings (SSSR count). The minimum atomic E-state index is -0.737. The molecule has 2 unspecified atom stereocenters. The molecule has 1 aliphatic carbocycles. The molecule has 1 heterocycles. The molecule has 0 aromatic rings. The summed E-state index contributed by atoms with van der Waals surface area (Å²) in [5.74, 6) is -1.55. The van der Waals surface area contributed by atoms with Crippen LogP contribution < -0.4 is 0 Å². The Balaban J connectivity index is 2.01. The smallest absolute Gasteiger partial charge is 0.306 e. The second-order valence-electron chi connectivity index (χ2n) is 4.22. The van der Waals surface area contributed by atoms with Crippen LogP contribution in [-0.4, -0.2) is 29.1 Å². The Kier molecular flexibility index (Phi) is 1.85. The summed E-state index contributed by atoms with van der Waals surface area (Å²) in [5.41, 5.74) is 0. The molecule has 0 spiro atoms. The molecule has 74 valence electrons. The first-order chi connectivity index (χ1) is 5.98. The summed E-state index contributed by atoms with van der Waals surface area (Å²) in [5, 5.41) is 8.79. The van der Waals surface area contributed by atoms with Gasteiger partial charge in [-0.05, 0) is 26.7 Å². The van der Waals surface area contributed by atoms with Crippen LogP contribution in [0.1, 0.15) is 26.7 Å². The lowest BCUT2D eigenvalue weighted by molar-refractivity contribution is -0.161. The molecule has 2 aliphatic rings. The zero-order chi connectivity index (χ0) is 9.64. The van der Waals surface area contributed by atoms with Crippen LogP contribution >= 0.6 is 0 Å². The van der Waals surface area contributed by atoms with Crippen LogP contribution in [0.3, 0.4) is 0 Å². The summed E-state index contributed by atoms with van der Waals surface area (Å²) in [7, 11) is 0. The number of hydrogen-bond donors (Lipinski definition) is 1. The van der Waals surface area contributed by atoms with Gasteiger partial charge in [0.1, 0.15) is 0 Å². The van der Waals surface area contributed by atoms with Crippen molar-refractivity contribution >= 4 is 5.97 Å². The maximum atomic E-state index is 10.7. The van der Waals surface area contributed by atoms with Crippen molar-refractivity contribution in [2.45, 2.75) is 44.7 Å². The average molecular weight is 186 g/mol. The normalized spacial score (nSPS) is 41.8. The molecule has 0 bridgehead atoms. The third-order valence-corrected chi connectivity index (χ3v) is 2.67. The maximum absolute atomic E-state index is 10.7. The summed E-state index contributed by atoms with van der Waals surface area (Å²) in [4.78, 5) is 10.7. The van der Waals surface area contributed by atoms with Gasteiger partial charge in [0, 0.05) is 0 Å². The van der Waals surface area contributed by atoms with Gasteiger partial charge in [0.05, 0.1) is 18.1 Å². The largest absolute Gasteiger partial charge is 0.481 e. The van der Waals surface area contributed by atoms with Gasteiger partial charge in [-0.3, -0.25) is 4.79 Å². The van der Waals surface area contributed by atoms with E-state index >= 15 is 0 Å². The first kappa shape index (κ1) is 8.97. The third-order valence-electron chi connectivity index (χ3n) is 2.67. The summed E-state index contributed by atoms with van der Waals surface area (Å²) in [6, 6.07) is 0. The van der Waals surface area contributed by atoms with Crippen LogP contribution in [0.25, 0.3) is 0 Å². The minimum Gasteiger partial charge on any atom is -0.481 e. The van der Waals surface area contributed by atoms with Gasteiger partial charge < -0.3 is 14.6 Å². The molecule has 4 heteroatoms.